The van der Waals surface area contributed by atoms with Crippen LogP contribution in [0.25, 0.3) is 17.4 Å². The fourth-order valence-electron chi connectivity index (χ4n) is 4.76. The first-order chi connectivity index (χ1) is 22.7. The summed E-state index contributed by atoms with van der Waals surface area (Å²) in [5.74, 6) is 0.156. The minimum Gasteiger partial charge on any atom is -0.443 e. The predicted molar refractivity (Wildman–Crippen MR) is 168 cm³/mol. The summed E-state index contributed by atoms with van der Waals surface area (Å²) in [6.07, 6.45) is 2.69. The number of thioether (sulfide) groups is 1. The highest BCUT2D eigenvalue weighted by Crippen LogP contribution is 2.30. The Morgan fingerprint density at radius 1 is 0.750 bits per heavy atom. The number of amides is 3. The molecule has 0 saturated carbocycles. The van der Waals surface area contributed by atoms with E-state index >= 15 is 0 Å². The van der Waals surface area contributed by atoms with E-state index in [2.05, 4.69) is 46.2 Å². The fourth-order valence-corrected chi connectivity index (χ4v) is 5.66. The summed E-state index contributed by atoms with van der Waals surface area (Å²) in [4.78, 5) is 57.7. The van der Waals surface area contributed by atoms with Gasteiger partial charge >= 0.3 is 6.01 Å². The molecule has 3 amide bonds. The lowest BCUT2D eigenvalue weighted by atomic mass is 10.2. The van der Waals surface area contributed by atoms with Crippen LogP contribution in [0.3, 0.4) is 0 Å². The van der Waals surface area contributed by atoms with E-state index in [-0.39, 0.29) is 57.0 Å². The van der Waals surface area contributed by atoms with Gasteiger partial charge in [-0.15, -0.1) is 5.10 Å². The molecule has 17 nitrogen and oxygen atoms in total. The minimum atomic E-state index is -0.740. The van der Waals surface area contributed by atoms with Gasteiger partial charge < -0.3 is 33.6 Å². The quantitative estimate of drug-likeness (QED) is 0.239. The molecule has 10 bridgehead atoms. The first-order valence-electron chi connectivity index (χ1n) is 15.0. The maximum Gasteiger partial charge on any atom is 0.324 e. The third-order valence-corrected chi connectivity index (χ3v) is 8.61. The van der Waals surface area contributed by atoms with Crippen LogP contribution >= 0.6 is 11.8 Å². The Morgan fingerprint density at radius 2 is 1.29 bits per heavy atom. The minimum absolute atomic E-state index is 0.0181. The van der Waals surface area contributed by atoms with Gasteiger partial charge in [0.25, 0.3) is 17.7 Å². The summed E-state index contributed by atoms with van der Waals surface area (Å²) in [6.45, 7) is 14.4. The number of carbonyl (C=O) groups is 3. The lowest BCUT2D eigenvalue weighted by Gasteiger charge is -2.22. The summed E-state index contributed by atoms with van der Waals surface area (Å²) >= 11 is 1.58. The van der Waals surface area contributed by atoms with Crippen molar-refractivity contribution in [3.8, 4) is 17.4 Å². The lowest BCUT2D eigenvalue weighted by Crippen LogP contribution is -2.32. The van der Waals surface area contributed by atoms with Crippen LogP contribution in [0.2, 0.25) is 0 Å². The number of hydrogen-bond donors (Lipinski definition) is 3. The summed E-state index contributed by atoms with van der Waals surface area (Å²) in [5, 5.41) is 16.7. The van der Waals surface area contributed by atoms with Crippen molar-refractivity contribution in [2.75, 3.05) is 5.75 Å². The molecule has 6 heterocycles. The number of hydrogen-bond acceptors (Lipinski definition) is 14. The molecule has 5 aromatic rings. The standard InChI is InChI=1S/C30H34N10O7S/c1-12-27-36-22(15(4)46-27)25(43)33-19(11-48-30(6,7)8)28-37-21(16(5)47-28)24(42)32-13(2)26-35-20(14(3)45-26)17-9-40(39-38-17)29-34-18(10-44-29)23(41)31-12/h9-10,12-13,19H,11H2,1-8H3,(H,31,41)(H,32,42)(H,33,43)/t12-,13-,19-/m0/s1. The molecular formula is C30H34N10O7S. The van der Waals surface area contributed by atoms with E-state index < -0.39 is 35.8 Å². The lowest BCUT2D eigenvalue weighted by molar-refractivity contribution is 0.0920. The molecule has 0 unspecified atom stereocenters. The van der Waals surface area contributed by atoms with Gasteiger partial charge in [0.15, 0.2) is 17.1 Å². The van der Waals surface area contributed by atoms with E-state index in [9.17, 15) is 14.4 Å². The first-order valence-corrected chi connectivity index (χ1v) is 16.0. The highest BCUT2D eigenvalue weighted by molar-refractivity contribution is 8.00. The number of fused-ring (bicyclic) bond motifs is 12. The molecule has 48 heavy (non-hydrogen) atoms. The molecule has 18 heteroatoms. The summed E-state index contributed by atoms with van der Waals surface area (Å²) in [5.41, 5.74) is 0.774. The van der Waals surface area contributed by atoms with Crippen LogP contribution in [0.4, 0.5) is 0 Å². The molecule has 5 aromatic heterocycles. The fraction of sp³-hybridized carbons (Fsp3) is 0.433. The Labute approximate surface area is 278 Å². The van der Waals surface area contributed by atoms with Gasteiger partial charge in [0.05, 0.1) is 6.20 Å². The normalized spacial score (nSPS) is 19.0. The average Bonchev–Trinajstić information content (AvgIpc) is 3.84. The second-order valence-electron chi connectivity index (χ2n) is 12.3. The number of aromatic nitrogens is 7. The summed E-state index contributed by atoms with van der Waals surface area (Å²) in [7, 11) is 0. The molecule has 3 atom stereocenters. The monoisotopic (exact) mass is 678 g/mol. The Bertz CT molecular complexity index is 2010. The van der Waals surface area contributed by atoms with Crippen molar-refractivity contribution < 1.29 is 32.1 Å². The number of aryl methyl sites for hydroxylation is 3. The molecule has 3 N–H and O–H groups in total. The van der Waals surface area contributed by atoms with E-state index in [0.29, 0.717) is 22.9 Å². The SMILES string of the molecule is Cc1oc2nc1C(=O)N[C@@H](CSC(C)(C)C)c1nc(c(C)o1)C(=O)N[C@@H](C)c1nc(c(C)o1)-c1cn(nn1)-c1nc(co1)C(=O)N[C@H]2C. The van der Waals surface area contributed by atoms with Gasteiger partial charge in [-0.3, -0.25) is 14.4 Å². The molecule has 0 saturated heterocycles. The second kappa shape index (κ2) is 12.4. The van der Waals surface area contributed by atoms with Crippen molar-refractivity contribution in [3.05, 3.63) is 64.5 Å². The largest absolute Gasteiger partial charge is 0.443 e. The third kappa shape index (κ3) is 6.60. The number of nitrogens with zero attached hydrogens (tertiary/aromatic N) is 7. The van der Waals surface area contributed by atoms with E-state index in [1.54, 1.807) is 46.4 Å². The molecule has 0 aromatic carbocycles. The van der Waals surface area contributed by atoms with Gasteiger partial charge in [-0.05, 0) is 34.6 Å². The van der Waals surface area contributed by atoms with E-state index in [1.807, 2.05) is 20.8 Å². The van der Waals surface area contributed by atoms with Crippen molar-refractivity contribution in [2.45, 2.75) is 78.3 Å². The second-order valence-corrected chi connectivity index (χ2v) is 14.1. The number of nitrogens with one attached hydrogen (secondary N) is 3. The van der Waals surface area contributed by atoms with Crippen LogP contribution in [0.15, 0.2) is 30.1 Å². The van der Waals surface area contributed by atoms with Crippen LogP contribution in [0.5, 0.6) is 0 Å². The Hall–Kier alpha value is -5.26. The van der Waals surface area contributed by atoms with Gasteiger partial charge in [0.2, 0.25) is 17.7 Å². The Balaban J connectivity index is 1.39. The van der Waals surface area contributed by atoms with Crippen molar-refractivity contribution >= 4 is 29.5 Å². The Kier molecular flexibility index (Phi) is 8.44. The van der Waals surface area contributed by atoms with E-state index in [0.717, 1.165) is 0 Å². The molecule has 1 aliphatic rings. The van der Waals surface area contributed by atoms with Crippen molar-refractivity contribution in [1.29, 1.82) is 0 Å². The highest BCUT2D eigenvalue weighted by atomic mass is 32.2. The third-order valence-electron chi connectivity index (χ3n) is 7.25. The van der Waals surface area contributed by atoms with E-state index in [4.69, 9.17) is 17.7 Å². The number of oxazole rings is 4. The maximum absolute atomic E-state index is 13.6. The number of carbonyl (C=O) groups excluding carboxylic acids is 3. The summed E-state index contributed by atoms with van der Waals surface area (Å²) < 4.78 is 24.2. The molecule has 0 radical (unpaired) electrons. The van der Waals surface area contributed by atoms with Crippen LogP contribution in [-0.4, -0.2) is 63.2 Å². The molecule has 0 fully saturated rings. The molecule has 6 rings (SSSR count). The van der Waals surface area contributed by atoms with Crippen molar-refractivity contribution in [1.82, 2.24) is 50.9 Å². The smallest absolute Gasteiger partial charge is 0.324 e. The van der Waals surface area contributed by atoms with E-state index in [1.165, 1.54) is 17.1 Å². The summed E-state index contributed by atoms with van der Waals surface area (Å²) in [6, 6.07) is -2.16. The zero-order valence-electron chi connectivity index (χ0n) is 27.5. The zero-order chi connectivity index (χ0) is 34.5. The van der Waals surface area contributed by atoms with Crippen molar-refractivity contribution in [2.24, 2.45) is 0 Å². The maximum atomic E-state index is 13.6. The topological polar surface area (TPSA) is 222 Å². The van der Waals surface area contributed by atoms with Crippen LogP contribution < -0.4 is 16.0 Å². The van der Waals surface area contributed by atoms with Gasteiger partial charge in [0.1, 0.15) is 53.1 Å². The molecular weight excluding hydrogens is 644 g/mol. The Morgan fingerprint density at radius 3 is 1.94 bits per heavy atom. The zero-order valence-corrected chi connectivity index (χ0v) is 28.3. The van der Waals surface area contributed by atoms with Crippen LogP contribution in [0.1, 0.15) is 119 Å². The van der Waals surface area contributed by atoms with Gasteiger partial charge in [-0.2, -0.15) is 21.4 Å². The number of rotatable bonds is 2. The van der Waals surface area contributed by atoms with Crippen molar-refractivity contribution in [3.63, 3.8) is 0 Å². The van der Waals surface area contributed by atoms with Gasteiger partial charge in [-0.1, -0.05) is 26.0 Å². The van der Waals surface area contributed by atoms with Crippen LogP contribution in [0, 0.1) is 20.8 Å². The van der Waals surface area contributed by atoms with Crippen LogP contribution in [-0.2, 0) is 0 Å². The molecule has 0 aliphatic carbocycles. The van der Waals surface area contributed by atoms with Gasteiger partial charge in [-0.25, -0.2) is 15.0 Å². The highest BCUT2D eigenvalue weighted by Gasteiger charge is 2.31. The molecule has 252 valence electrons. The molecule has 0 spiro atoms. The van der Waals surface area contributed by atoms with Gasteiger partial charge in [0, 0.05) is 10.5 Å². The average molecular weight is 679 g/mol. The predicted octanol–water partition coefficient (Wildman–Crippen LogP) is 4.11. The molecule has 1 aliphatic heterocycles. The first kappa shape index (κ1) is 32.7.